The van der Waals surface area contributed by atoms with E-state index in [1.54, 1.807) is 6.07 Å². The van der Waals surface area contributed by atoms with Crippen LogP contribution in [-0.2, 0) is 0 Å². The second kappa shape index (κ2) is 9.25. The van der Waals surface area contributed by atoms with E-state index in [9.17, 15) is 18.0 Å². The molecule has 0 aliphatic rings. The third kappa shape index (κ3) is 5.25. The van der Waals surface area contributed by atoms with Crippen LogP contribution in [0.4, 0.5) is 30.6 Å². The Labute approximate surface area is 171 Å². The minimum absolute atomic E-state index is 0.0926. The molecule has 156 valence electrons. The Morgan fingerprint density at radius 2 is 1.67 bits per heavy atom. The highest BCUT2D eigenvalue weighted by Gasteiger charge is 2.18. The van der Waals surface area contributed by atoms with E-state index in [1.165, 1.54) is 0 Å². The topological polar surface area (TPSA) is 78.9 Å². The lowest BCUT2D eigenvalue weighted by Crippen LogP contribution is -2.30. The molecule has 0 atom stereocenters. The monoisotopic (exact) mass is 415 g/mol. The standard InChI is InChI=1S/C21H20F3N5O/c1-12-3-5-14(6-4-12)28-17-11-13(2)27-21(29-17)26-10-9-25-20(30)15-7-8-16(22)19(24)18(15)23/h3-8,11H,9-10H2,1-2H3,(H,25,30)(H2,26,27,28,29). The number of carbonyl (C=O) groups excluding carboxylic acids is 1. The number of carbonyl (C=O) groups is 1. The first kappa shape index (κ1) is 21.1. The molecule has 0 aliphatic carbocycles. The highest BCUT2D eigenvalue weighted by Crippen LogP contribution is 2.17. The van der Waals surface area contributed by atoms with Crippen LogP contribution in [-0.4, -0.2) is 29.0 Å². The summed E-state index contributed by atoms with van der Waals surface area (Å²) in [5, 5.41) is 8.58. The average Bonchev–Trinajstić information content (AvgIpc) is 2.71. The zero-order valence-corrected chi connectivity index (χ0v) is 16.4. The quantitative estimate of drug-likeness (QED) is 0.400. The number of anilines is 3. The number of amides is 1. The predicted molar refractivity (Wildman–Crippen MR) is 108 cm³/mol. The highest BCUT2D eigenvalue weighted by atomic mass is 19.2. The van der Waals surface area contributed by atoms with Crippen molar-refractivity contribution in [3.63, 3.8) is 0 Å². The van der Waals surface area contributed by atoms with E-state index in [0.717, 1.165) is 23.0 Å². The molecule has 0 saturated heterocycles. The molecule has 0 bridgehead atoms. The second-order valence-corrected chi connectivity index (χ2v) is 6.61. The Morgan fingerprint density at radius 1 is 0.933 bits per heavy atom. The summed E-state index contributed by atoms with van der Waals surface area (Å²) in [6, 6.07) is 11.2. The molecular formula is C21H20F3N5O. The molecule has 0 fully saturated rings. The van der Waals surface area contributed by atoms with E-state index in [1.807, 2.05) is 38.1 Å². The lowest BCUT2D eigenvalue weighted by molar-refractivity contribution is 0.0950. The molecule has 0 radical (unpaired) electrons. The molecule has 1 amide bonds. The Hall–Kier alpha value is -3.62. The van der Waals surface area contributed by atoms with Crippen LogP contribution in [0.1, 0.15) is 21.6 Å². The summed E-state index contributed by atoms with van der Waals surface area (Å²) in [6.45, 7) is 4.15. The lowest BCUT2D eigenvalue weighted by Gasteiger charge is -2.11. The van der Waals surface area contributed by atoms with E-state index >= 15 is 0 Å². The van der Waals surface area contributed by atoms with Gasteiger partial charge in [-0.25, -0.2) is 18.2 Å². The SMILES string of the molecule is Cc1ccc(Nc2cc(C)nc(NCCNC(=O)c3ccc(F)c(F)c3F)n2)cc1. The number of aromatic nitrogens is 2. The number of benzene rings is 2. The fraction of sp³-hybridized carbons (Fsp3) is 0.190. The summed E-state index contributed by atoms with van der Waals surface area (Å²) >= 11 is 0. The van der Waals surface area contributed by atoms with E-state index in [-0.39, 0.29) is 13.1 Å². The third-order valence-electron chi connectivity index (χ3n) is 4.15. The van der Waals surface area contributed by atoms with Gasteiger partial charge in [-0.1, -0.05) is 17.7 Å². The summed E-state index contributed by atoms with van der Waals surface area (Å²) in [7, 11) is 0. The number of hydrogen-bond donors (Lipinski definition) is 3. The summed E-state index contributed by atoms with van der Waals surface area (Å²) in [5.74, 6) is -4.45. The maximum Gasteiger partial charge on any atom is 0.254 e. The molecule has 3 N–H and O–H groups in total. The minimum atomic E-state index is -1.68. The van der Waals surface area contributed by atoms with Crippen molar-refractivity contribution in [2.45, 2.75) is 13.8 Å². The predicted octanol–water partition coefficient (Wildman–Crippen LogP) is 4.10. The van der Waals surface area contributed by atoms with Gasteiger partial charge in [0, 0.05) is 30.5 Å². The Kier molecular flexibility index (Phi) is 6.51. The molecule has 9 heteroatoms. The number of rotatable bonds is 7. The van der Waals surface area contributed by atoms with Gasteiger partial charge >= 0.3 is 0 Å². The van der Waals surface area contributed by atoms with Crippen molar-refractivity contribution < 1.29 is 18.0 Å². The van der Waals surface area contributed by atoms with Crippen LogP contribution in [0, 0.1) is 31.3 Å². The molecule has 0 saturated carbocycles. The molecule has 6 nitrogen and oxygen atoms in total. The van der Waals surface area contributed by atoms with Crippen LogP contribution in [0.25, 0.3) is 0 Å². The normalized spacial score (nSPS) is 10.6. The zero-order valence-electron chi connectivity index (χ0n) is 16.4. The van der Waals surface area contributed by atoms with E-state index in [2.05, 4.69) is 25.9 Å². The first-order valence-corrected chi connectivity index (χ1v) is 9.18. The van der Waals surface area contributed by atoms with Gasteiger partial charge in [0.25, 0.3) is 5.91 Å². The Morgan fingerprint density at radius 3 is 2.40 bits per heavy atom. The van der Waals surface area contributed by atoms with Gasteiger partial charge in [-0.05, 0) is 38.1 Å². The molecule has 2 aromatic carbocycles. The molecule has 30 heavy (non-hydrogen) atoms. The van der Waals surface area contributed by atoms with Crippen molar-refractivity contribution in [2.75, 3.05) is 23.7 Å². The average molecular weight is 415 g/mol. The molecule has 0 unspecified atom stereocenters. The first-order valence-electron chi connectivity index (χ1n) is 9.18. The van der Waals surface area contributed by atoms with Gasteiger partial charge in [0.1, 0.15) is 5.82 Å². The van der Waals surface area contributed by atoms with E-state index in [0.29, 0.717) is 17.8 Å². The van der Waals surface area contributed by atoms with Gasteiger partial charge in [0.15, 0.2) is 17.5 Å². The van der Waals surface area contributed by atoms with Crippen LogP contribution in [0.5, 0.6) is 0 Å². The number of halogens is 3. The van der Waals surface area contributed by atoms with Crippen LogP contribution >= 0.6 is 0 Å². The molecule has 1 heterocycles. The van der Waals surface area contributed by atoms with Crippen LogP contribution in [0.3, 0.4) is 0 Å². The minimum Gasteiger partial charge on any atom is -0.352 e. The summed E-state index contributed by atoms with van der Waals surface area (Å²) in [6.07, 6.45) is 0. The van der Waals surface area contributed by atoms with Crippen molar-refractivity contribution in [3.05, 3.63) is 76.7 Å². The summed E-state index contributed by atoms with van der Waals surface area (Å²) < 4.78 is 39.9. The fourth-order valence-corrected chi connectivity index (χ4v) is 2.64. The van der Waals surface area contributed by atoms with Crippen molar-refractivity contribution >= 4 is 23.4 Å². The number of nitrogens with one attached hydrogen (secondary N) is 3. The van der Waals surface area contributed by atoms with Crippen LogP contribution in [0.2, 0.25) is 0 Å². The molecular weight excluding hydrogens is 395 g/mol. The maximum atomic E-state index is 13.7. The zero-order chi connectivity index (χ0) is 21.7. The number of nitrogens with zero attached hydrogens (tertiary/aromatic N) is 2. The van der Waals surface area contributed by atoms with Gasteiger partial charge in [-0.15, -0.1) is 0 Å². The van der Waals surface area contributed by atoms with Crippen molar-refractivity contribution in [3.8, 4) is 0 Å². The van der Waals surface area contributed by atoms with Crippen LogP contribution in [0.15, 0.2) is 42.5 Å². The fourth-order valence-electron chi connectivity index (χ4n) is 2.64. The first-order chi connectivity index (χ1) is 14.3. The Balaban J connectivity index is 1.56. The smallest absolute Gasteiger partial charge is 0.254 e. The van der Waals surface area contributed by atoms with Gasteiger partial charge < -0.3 is 16.0 Å². The van der Waals surface area contributed by atoms with Crippen LogP contribution < -0.4 is 16.0 Å². The van der Waals surface area contributed by atoms with Gasteiger partial charge in [0.2, 0.25) is 5.95 Å². The number of hydrogen-bond acceptors (Lipinski definition) is 5. The van der Waals surface area contributed by atoms with Crippen molar-refractivity contribution in [2.24, 2.45) is 0 Å². The summed E-state index contributed by atoms with van der Waals surface area (Å²) in [4.78, 5) is 20.6. The number of aryl methyl sites for hydroxylation is 2. The molecule has 0 spiro atoms. The van der Waals surface area contributed by atoms with Gasteiger partial charge in [-0.2, -0.15) is 4.98 Å². The maximum absolute atomic E-state index is 13.7. The van der Waals surface area contributed by atoms with Crippen molar-refractivity contribution in [1.82, 2.24) is 15.3 Å². The van der Waals surface area contributed by atoms with E-state index in [4.69, 9.17) is 0 Å². The highest BCUT2D eigenvalue weighted by molar-refractivity contribution is 5.94. The summed E-state index contributed by atoms with van der Waals surface area (Å²) in [5.41, 5.74) is 2.19. The third-order valence-corrected chi connectivity index (χ3v) is 4.15. The molecule has 3 aromatic rings. The molecule has 1 aromatic heterocycles. The molecule has 0 aliphatic heterocycles. The molecule has 3 rings (SSSR count). The van der Waals surface area contributed by atoms with Gasteiger partial charge in [0.05, 0.1) is 5.56 Å². The lowest BCUT2D eigenvalue weighted by atomic mass is 10.2. The van der Waals surface area contributed by atoms with Gasteiger partial charge in [-0.3, -0.25) is 4.79 Å². The Bertz CT molecular complexity index is 1060. The van der Waals surface area contributed by atoms with Crippen molar-refractivity contribution in [1.29, 1.82) is 0 Å². The van der Waals surface area contributed by atoms with E-state index < -0.39 is 28.9 Å². The second-order valence-electron chi connectivity index (χ2n) is 6.61. The largest absolute Gasteiger partial charge is 0.352 e.